The predicted molar refractivity (Wildman–Crippen MR) is 114 cm³/mol. The van der Waals surface area contributed by atoms with Crippen molar-refractivity contribution in [3.05, 3.63) is 70.3 Å². The molecule has 30 heavy (non-hydrogen) atoms. The maximum atomic E-state index is 12.7. The zero-order valence-corrected chi connectivity index (χ0v) is 17.5. The number of rotatable bonds is 5. The zero-order chi connectivity index (χ0) is 21.3. The SMILES string of the molecule is C[C@H]1CCCN(Cc2ccccc2CNC(=O)c2ccc3c(c2)C(=O)N(C)C3=O)C1. The van der Waals surface area contributed by atoms with Gasteiger partial charge in [-0.25, -0.2) is 0 Å². The summed E-state index contributed by atoms with van der Waals surface area (Å²) in [6.07, 6.45) is 2.52. The van der Waals surface area contributed by atoms with Crippen LogP contribution in [0.1, 0.15) is 62.0 Å². The minimum atomic E-state index is -0.370. The Labute approximate surface area is 176 Å². The number of piperidine rings is 1. The Morgan fingerprint density at radius 1 is 1.07 bits per heavy atom. The molecule has 1 atom stereocenters. The van der Waals surface area contributed by atoms with Gasteiger partial charge in [0.1, 0.15) is 0 Å². The number of nitrogens with zero attached hydrogens (tertiary/aromatic N) is 2. The topological polar surface area (TPSA) is 69.7 Å². The van der Waals surface area contributed by atoms with Gasteiger partial charge in [0.15, 0.2) is 0 Å². The fourth-order valence-corrected chi connectivity index (χ4v) is 4.34. The van der Waals surface area contributed by atoms with E-state index in [1.807, 2.05) is 18.2 Å². The molecule has 0 bridgehead atoms. The molecule has 2 heterocycles. The van der Waals surface area contributed by atoms with Gasteiger partial charge in [-0.3, -0.25) is 24.2 Å². The Kier molecular flexibility index (Phi) is 5.68. The van der Waals surface area contributed by atoms with Crippen LogP contribution in [0.3, 0.4) is 0 Å². The van der Waals surface area contributed by atoms with Gasteiger partial charge in [0.25, 0.3) is 17.7 Å². The molecule has 1 fully saturated rings. The molecule has 0 aliphatic carbocycles. The molecule has 0 spiro atoms. The van der Waals surface area contributed by atoms with Crippen molar-refractivity contribution in [3.63, 3.8) is 0 Å². The number of hydrogen-bond acceptors (Lipinski definition) is 4. The number of benzene rings is 2. The second-order valence-corrected chi connectivity index (χ2v) is 8.36. The van der Waals surface area contributed by atoms with Crippen LogP contribution in [0.15, 0.2) is 42.5 Å². The Morgan fingerprint density at radius 3 is 2.57 bits per heavy atom. The molecule has 6 heteroatoms. The molecule has 2 aromatic rings. The first-order valence-electron chi connectivity index (χ1n) is 10.5. The van der Waals surface area contributed by atoms with Crippen molar-refractivity contribution in [2.24, 2.45) is 5.92 Å². The van der Waals surface area contributed by atoms with Crippen LogP contribution < -0.4 is 5.32 Å². The van der Waals surface area contributed by atoms with E-state index < -0.39 is 0 Å². The molecular formula is C24H27N3O3. The second-order valence-electron chi connectivity index (χ2n) is 8.36. The van der Waals surface area contributed by atoms with Gasteiger partial charge < -0.3 is 5.32 Å². The monoisotopic (exact) mass is 405 g/mol. The molecule has 2 aromatic carbocycles. The fraction of sp³-hybridized carbons (Fsp3) is 0.375. The molecular weight excluding hydrogens is 378 g/mol. The summed E-state index contributed by atoms with van der Waals surface area (Å²) in [5.41, 5.74) is 3.34. The van der Waals surface area contributed by atoms with Crippen LogP contribution in [0.25, 0.3) is 0 Å². The highest BCUT2D eigenvalue weighted by atomic mass is 16.2. The van der Waals surface area contributed by atoms with E-state index in [1.165, 1.54) is 31.5 Å². The first-order valence-corrected chi connectivity index (χ1v) is 10.5. The number of carbonyl (C=O) groups excluding carboxylic acids is 3. The number of hydrogen-bond donors (Lipinski definition) is 1. The first-order chi connectivity index (χ1) is 14.4. The summed E-state index contributed by atoms with van der Waals surface area (Å²) in [6, 6.07) is 12.8. The maximum Gasteiger partial charge on any atom is 0.261 e. The number of likely N-dealkylation sites (tertiary alicyclic amines) is 1. The van der Waals surface area contributed by atoms with Crippen LogP contribution in [0.4, 0.5) is 0 Å². The lowest BCUT2D eigenvalue weighted by Gasteiger charge is -2.31. The van der Waals surface area contributed by atoms with E-state index in [1.54, 1.807) is 12.1 Å². The van der Waals surface area contributed by atoms with Crippen LogP contribution in [0.5, 0.6) is 0 Å². The summed E-state index contributed by atoms with van der Waals surface area (Å²) in [5, 5.41) is 2.96. The van der Waals surface area contributed by atoms with Crippen molar-refractivity contribution in [2.75, 3.05) is 20.1 Å². The predicted octanol–water partition coefficient (Wildman–Crippen LogP) is 3.07. The highest BCUT2D eigenvalue weighted by molar-refractivity contribution is 6.21. The number of nitrogens with one attached hydrogen (secondary N) is 1. The highest BCUT2D eigenvalue weighted by Crippen LogP contribution is 2.23. The molecule has 0 aromatic heterocycles. The standard InChI is InChI=1S/C24H27N3O3/c1-16-6-5-11-27(14-16)15-19-8-4-3-7-18(19)13-25-22(28)17-9-10-20-21(12-17)24(30)26(2)23(20)29/h3-4,7-10,12,16H,5-6,11,13-15H2,1-2H3,(H,25,28)/t16-/m0/s1. The van der Waals surface area contributed by atoms with E-state index in [0.717, 1.165) is 36.0 Å². The van der Waals surface area contributed by atoms with E-state index in [4.69, 9.17) is 0 Å². The van der Waals surface area contributed by atoms with Crippen molar-refractivity contribution in [1.29, 1.82) is 0 Å². The van der Waals surface area contributed by atoms with E-state index in [2.05, 4.69) is 23.2 Å². The Bertz CT molecular complexity index is 1000. The van der Waals surface area contributed by atoms with Crippen molar-refractivity contribution >= 4 is 17.7 Å². The molecule has 0 radical (unpaired) electrons. The van der Waals surface area contributed by atoms with Crippen LogP contribution in [-0.2, 0) is 13.1 Å². The van der Waals surface area contributed by atoms with Gasteiger partial charge in [-0.05, 0) is 54.6 Å². The summed E-state index contributed by atoms with van der Waals surface area (Å²) in [6.45, 7) is 5.82. The lowest BCUT2D eigenvalue weighted by atomic mass is 9.99. The largest absolute Gasteiger partial charge is 0.348 e. The Morgan fingerprint density at radius 2 is 1.80 bits per heavy atom. The molecule has 0 unspecified atom stereocenters. The molecule has 4 rings (SSSR count). The zero-order valence-electron chi connectivity index (χ0n) is 17.5. The van der Waals surface area contributed by atoms with Crippen molar-refractivity contribution in [1.82, 2.24) is 15.1 Å². The number of fused-ring (bicyclic) bond motifs is 1. The summed E-state index contributed by atoms with van der Waals surface area (Å²) in [7, 11) is 1.45. The highest BCUT2D eigenvalue weighted by Gasteiger charge is 2.33. The molecule has 1 saturated heterocycles. The lowest BCUT2D eigenvalue weighted by Crippen LogP contribution is -2.34. The second kappa shape index (κ2) is 8.40. The number of imide groups is 1. The van der Waals surface area contributed by atoms with E-state index >= 15 is 0 Å². The van der Waals surface area contributed by atoms with Crippen LogP contribution in [-0.4, -0.2) is 47.7 Å². The summed E-state index contributed by atoms with van der Waals surface area (Å²) in [5.74, 6) is -0.235. The van der Waals surface area contributed by atoms with Crippen molar-refractivity contribution in [3.8, 4) is 0 Å². The normalized spacial score (nSPS) is 19.1. The molecule has 3 amide bonds. The smallest absolute Gasteiger partial charge is 0.261 e. The van der Waals surface area contributed by atoms with Gasteiger partial charge in [0.05, 0.1) is 11.1 Å². The third-order valence-corrected chi connectivity index (χ3v) is 6.04. The summed E-state index contributed by atoms with van der Waals surface area (Å²) < 4.78 is 0. The third-order valence-electron chi connectivity index (χ3n) is 6.04. The first kappa shape index (κ1) is 20.3. The van der Waals surface area contributed by atoms with Gasteiger partial charge in [0, 0.05) is 32.2 Å². The van der Waals surface area contributed by atoms with E-state index in [9.17, 15) is 14.4 Å². The van der Waals surface area contributed by atoms with Crippen molar-refractivity contribution in [2.45, 2.75) is 32.9 Å². The lowest BCUT2D eigenvalue weighted by molar-refractivity contribution is 0.0693. The van der Waals surface area contributed by atoms with E-state index in [0.29, 0.717) is 17.7 Å². The van der Waals surface area contributed by atoms with Crippen LogP contribution >= 0.6 is 0 Å². The third kappa shape index (κ3) is 4.00. The van der Waals surface area contributed by atoms with Crippen molar-refractivity contribution < 1.29 is 14.4 Å². The Hall–Kier alpha value is -2.99. The molecule has 0 saturated carbocycles. The number of carbonyl (C=O) groups is 3. The Balaban J connectivity index is 1.44. The summed E-state index contributed by atoms with van der Waals surface area (Å²) >= 11 is 0. The molecule has 6 nitrogen and oxygen atoms in total. The molecule has 2 aliphatic heterocycles. The van der Waals surface area contributed by atoms with Gasteiger partial charge >= 0.3 is 0 Å². The van der Waals surface area contributed by atoms with Gasteiger partial charge in [0.2, 0.25) is 0 Å². The average molecular weight is 405 g/mol. The molecule has 156 valence electrons. The quantitative estimate of drug-likeness (QED) is 0.777. The minimum absolute atomic E-state index is 0.256. The van der Waals surface area contributed by atoms with Gasteiger partial charge in [-0.1, -0.05) is 31.2 Å². The van der Waals surface area contributed by atoms with Crippen LogP contribution in [0, 0.1) is 5.92 Å². The number of amides is 3. The van der Waals surface area contributed by atoms with Gasteiger partial charge in [-0.2, -0.15) is 0 Å². The molecule has 2 aliphatic rings. The fourth-order valence-electron chi connectivity index (χ4n) is 4.34. The van der Waals surface area contributed by atoms with E-state index in [-0.39, 0.29) is 23.3 Å². The maximum absolute atomic E-state index is 12.7. The van der Waals surface area contributed by atoms with Crippen LogP contribution in [0.2, 0.25) is 0 Å². The van der Waals surface area contributed by atoms with Gasteiger partial charge in [-0.15, -0.1) is 0 Å². The minimum Gasteiger partial charge on any atom is -0.348 e. The molecule has 1 N–H and O–H groups in total. The average Bonchev–Trinajstić information content (AvgIpc) is 2.96. The summed E-state index contributed by atoms with van der Waals surface area (Å²) in [4.78, 5) is 40.5.